The highest BCUT2D eigenvalue weighted by atomic mass is 79.9. The van der Waals surface area contributed by atoms with Gasteiger partial charge in [-0.25, -0.2) is 10.9 Å². The summed E-state index contributed by atoms with van der Waals surface area (Å²) in [5, 5.41) is 3.69. The van der Waals surface area contributed by atoms with Gasteiger partial charge in [0.25, 0.3) is 0 Å². The highest BCUT2D eigenvalue weighted by Gasteiger charge is 2.51. The molecule has 4 atom stereocenters. The molecule has 5 heteroatoms. The maximum Gasteiger partial charge on any atom is 0.161 e. The van der Waals surface area contributed by atoms with Gasteiger partial charge in [0.15, 0.2) is 5.78 Å². The molecule has 0 spiro atoms. The van der Waals surface area contributed by atoms with Gasteiger partial charge in [-0.2, -0.15) is 0 Å². The van der Waals surface area contributed by atoms with Gasteiger partial charge in [0.2, 0.25) is 0 Å². The molecule has 4 unspecified atom stereocenters. The highest BCUT2D eigenvalue weighted by Crippen LogP contribution is 2.51. The fraction of sp³-hybridized carbons (Fsp3) is 0.375. The number of nitrogens with one attached hydrogen (secondary N) is 3. The van der Waals surface area contributed by atoms with E-state index in [4.69, 9.17) is 0 Å². The first-order valence-corrected chi connectivity index (χ1v) is 11.1. The summed E-state index contributed by atoms with van der Waals surface area (Å²) in [6.07, 6.45) is 1.59. The number of fused-ring (bicyclic) bond motifs is 1. The van der Waals surface area contributed by atoms with Crippen LogP contribution in [0.1, 0.15) is 49.8 Å². The second kappa shape index (κ2) is 7.08. The number of rotatable bonds is 2. The van der Waals surface area contributed by atoms with Crippen LogP contribution < -0.4 is 16.2 Å². The predicted molar refractivity (Wildman–Crippen MR) is 118 cm³/mol. The predicted octanol–water partition coefficient (Wildman–Crippen LogP) is 4.57. The van der Waals surface area contributed by atoms with Gasteiger partial charge in [0.1, 0.15) is 0 Å². The second-order valence-corrected chi connectivity index (χ2v) is 10.2. The van der Waals surface area contributed by atoms with E-state index < -0.39 is 0 Å². The molecule has 0 bridgehead atoms. The smallest absolute Gasteiger partial charge is 0.161 e. The van der Waals surface area contributed by atoms with E-state index in [0.717, 1.165) is 22.2 Å². The summed E-state index contributed by atoms with van der Waals surface area (Å²) in [4.78, 5) is 13.4. The van der Waals surface area contributed by atoms with Crippen LogP contribution in [0.5, 0.6) is 0 Å². The third-order valence-corrected chi connectivity index (χ3v) is 7.03. The zero-order valence-electron chi connectivity index (χ0n) is 16.7. The van der Waals surface area contributed by atoms with Crippen LogP contribution in [0.15, 0.2) is 70.3 Å². The molecule has 1 aliphatic carbocycles. The summed E-state index contributed by atoms with van der Waals surface area (Å²) in [5.74, 6) is 0.539. The van der Waals surface area contributed by atoms with E-state index in [1.54, 1.807) is 0 Å². The van der Waals surface area contributed by atoms with Crippen molar-refractivity contribution in [2.45, 2.75) is 44.8 Å². The van der Waals surface area contributed by atoms with Crippen LogP contribution in [0.25, 0.3) is 0 Å². The van der Waals surface area contributed by atoms with Crippen LogP contribution >= 0.6 is 15.9 Å². The Morgan fingerprint density at radius 3 is 2.38 bits per heavy atom. The minimum atomic E-state index is -0.00904. The number of carbonyl (C=O) groups is 1. The number of halogens is 1. The minimum absolute atomic E-state index is 0.00904. The Labute approximate surface area is 180 Å². The SMILES string of the molecule is CC1(C)CC(=O)C2=C(C1)NC1NNC(c3ccccc3)C1C2c1ccc(Br)cc1. The first-order chi connectivity index (χ1) is 13.9. The van der Waals surface area contributed by atoms with E-state index in [0.29, 0.717) is 6.42 Å². The Bertz CT molecular complexity index is 967. The molecule has 0 aromatic heterocycles. The summed E-state index contributed by atoms with van der Waals surface area (Å²) in [7, 11) is 0. The van der Waals surface area contributed by atoms with Crippen molar-refractivity contribution in [2.75, 3.05) is 0 Å². The van der Waals surface area contributed by atoms with Gasteiger partial charge in [-0.1, -0.05) is 72.2 Å². The van der Waals surface area contributed by atoms with Crippen molar-refractivity contribution >= 4 is 21.7 Å². The van der Waals surface area contributed by atoms with Crippen LogP contribution in [-0.2, 0) is 4.79 Å². The standard InChI is InChI=1S/C24H26BrN3O/c1-24(2)12-17-20(18(29)13-24)19(14-8-10-16(25)11-9-14)21-22(27-28-23(21)26-17)15-6-4-3-5-7-15/h3-11,19,21-23,26-28H,12-13H2,1-2H3. The van der Waals surface area contributed by atoms with Crippen LogP contribution in [-0.4, -0.2) is 11.9 Å². The fourth-order valence-electron chi connectivity index (χ4n) is 5.31. The van der Waals surface area contributed by atoms with Gasteiger partial charge >= 0.3 is 0 Å². The second-order valence-electron chi connectivity index (χ2n) is 9.24. The molecule has 29 heavy (non-hydrogen) atoms. The molecule has 2 aromatic carbocycles. The fourth-order valence-corrected chi connectivity index (χ4v) is 5.58. The van der Waals surface area contributed by atoms with Crippen LogP contribution in [0, 0.1) is 11.3 Å². The lowest BCUT2D eigenvalue weighted by Crippen LogP contribution is -2.51. The van der Waals surface area contributed by atoms with Gasteiger partial charge in [0.05, 0.1) is 12.2 Å². The topological polar surface area (TPSA) is 53.2 Å². The highest BCUT2D eigenvalue weighted by molar-refractivity contribution is 9.10. The number of benzene rings is 2. The zero-order chi connectivity index (χ0) is 20.2. The first-order valence-electron chi connectivity index (χ1n) is 10.3. The molecule has 0 saturated carbocycles. The molecule has 150 valence electrons. The Morgan fingerprint density at radius 1 is 0.931 bits per heavy atom. The molecule has 2 aromatic rings. The third kappa shape index (κ3) is 3.35. The normalized spacial score (nSPS) is 30.5. The molecule has 4 nitrogen and oxygen atoms in total. The van der Waals surface area contributed by atoms with E-state index in [1.165, 1.54) is 11.1 Å². The summed E-state index contributed by atoms with van der Waals surface area (Å²) in [6.45, 7) is 4.37. The molecule has 2 heterocycles. The molecule has 0 radical (unpaired) electrons. The molecule has 3 N–H and O–H groups in total. The quantitative estimate of drug-likeness (QED) is 0.625. The maximum atomic E-state index is 13.4. The van der Waals surface area contributed by atoms with Crippen molar-refractivity contribution in [1.82, 2.24) is 16.2 Å². The third-order valence-electron chi connectivity index (χ3n) is 6.50. The van der Waals surface area contributed by atoms with Crippen LogP contribution in [0.3, 0.4) is 0 Å². The Kier molecular flexibility index (Phi) is 4.65. The average molecular weight is 452 g/mol. The molecule has 0 amide bonds. The zero-order valence-corrected chi connectivity index (χ0v) is 18.3. The number of hydrogen-bond donors (Lipinski definition) is 3. The number of ketones is 1. The molecular formula is C24H26BrN3O. The van der Waals surface area contributed by atoms with Gasteiger partial charge in [-0.15, -0.1) is 0 Å². The van der Waals surface area contributed by atoms with E-state index in [9.17, 15) is 4.79 Å². The Morgan fingerprint density at radius 2 is 1.66 bits per heavy atom. The Hall–Kier alpha value is -1.95. The van der Waals surface area contributed by atoms with Crippen molar-refractivity contribution in [1.29, 1.82) is 0 Å². The molecular weight excluding hydrogens is 426 g/mol. The van der Waals surface area contributed by atoms with Crippen molar-refractivity contribution in [2.24, 2.45) is 11.3 Å². The van der Waals surface area contributed by atoms with Crippen molar-refractivity contribution in [3.05, 3.63) is 81.5 Å². The van der Waals surface area contributed by atoms with Crippen LogP contribution in [0.2, 0.25) is 0 Å². The van der Waals surface area contributed by atoms with Gasteiger partial charge < -0.3 is 5.32 Å². The van der Waals surface area contributed by atoms with Crippen molar-refractivity contribution < 1.29 is 4.79 Å². The monoisotopic (exact) mass is 451 g/mol. The largest absolute Gasteiger partial charge is 0.371 e. The summed E-state index contributed by atoms with van der Waals surface area (Å²) >= 11 is 3.55. The average Bonchev–Trinajstić information content (AvgIpc) is 3.10. The minimum Gasteiger partial charge on any atom is -0.371 e. The number of allylic oxidation sites excluding steroid dienone is 2. The molecule has 1 saturated heterocycles. The first kappa shape index (κ1) is 19.0. The van der Waals surface area contributed by atoms with Gasteiger partial charge in [0, 0.05) is 34.0 Å². The molecule has 3 aliphatic rings. The van der Waals surface area contributed by atoms with E-state index in [2.05, 4.69) is 94.5 Å². The molecule has 1 fully saturated rings. The number of hydrogen-bond acceptors (Lipinski definition) is 4. The van der Waals surface area contributed by atoms with Crippen LogP contribution in [0.4, 0.5) is 0 Å². The molecule has 2 aliphatic heterocycles. The van der Waals surface area contributed by atoms with Crippen molar-refractivity contribution in [3.8, 4) is 0 Å². The number of carbonyl (C=O) groups excluding carboxylic acids is 1. The van der Waals surface area contributed by atoms with E-state index in [1.807, 2.05) is 6.07 Å². The summed E-state index contributed by atoms with van der Waals surface area (Å²) in [6, 6.07) is 19.1. The van der Waals surface area contributed by atoms with E-state index in [-0.39, 0.29) is 35.2 Å². The van der Waals surface area contributed by atoms with Gasteiger partial charge in [-0.3, -0.25) is 4.79 Å². The maximum absolute atomic E-state index is 13.4. The van der Waals surface area contributed by atoms with Gasteiger partial charge in [-0.05, 0) is 35.1 Å². The number of hydrazine groups is 1. The lowest BCUT2D eigenvalue weighted by molar-refractivity contribution is -0.118. The Balaban J connectivity index is 1.65. The summed E-state index contributed by atoms with van der Waals surface area (Å²) in [5.41, 5.74) is 11.5. The molecule has 5 rings (SSSR count). The lowest BCUT2D eigenvalue weighted by Gasteiger charge is -2.44. The lowest BCUT2D eigenvalue weighted by atomic mass is 9.65. The number of Topliss-reactive ketones (excluding diaryl/α,β-unsaturated/α-hetero) is 1. The van der Waals surface area contributed by atoms with Crippen molar-refractivity contribution in [3.63, 3.8) is 0 Å². The summed E-state index contributed by atoms with van der Waals surface area (Å²) < 4.78 is 1.05. The van der Waals surface area contributed by atoms with E-state index >= 15 is 0 Å².